The van der Waals surface area contributed by atoms with Gasteiger partial charge in [-0.3, -0.25) is 4.79 Å². The molecule has 0 aliphatic carbocycles. The zero-order valence-corrected chi connectivity index (χ0v) is 13.7. The van der Waals surface area contributed by atoms with Gasteiger partial charge in [0.05, 0.1) is 6.10 Å². The predicted molar refractivity (Wildman–Crippen MR) is 87.5 cm³/mol. The molecule has 2 rings (SSSR count). The number of aliphatic hydroxyl groups excluding tert-OH is 1. The number of piperazine rings is 1. The molecule has 0 bridgehead atoms. The van der Waals surface area contributed by atoms with Gasteiger partial charge < -0.3 is 20.2 Å². The maximum atomic E-state index is 13.5. The van der Waals surface area contributed by atoms with Crippen molar-refractivity contribution < 1.29 is 14.3 Å². The van der Waals surface area contributed by atoms with Gasteiger partial charge in [-0.1, -0.05) is 25.1 Å². The lowest BCUT2D eigenvalue weighted by Gasteiger charge is -2.33. The predicted octanol–water partition coefficient (Wildman–Crippen LogP) is 1.00. The quantitative estimate of drug-likeness (QED) is 0.786. The normalized spacial score (nSPS) is 17.9. The van der Waals surface area contributed by atoms with E-state index in [1.54, 1.807) is 12.1 Å². The third-order valence-electron chi connectivity index (χ3n) is 4.32. The smallest absolute Gasteiger partial charge is 0.221 e. The number of carbonyl (C=O) groups is 1. The monoisotopic (exact) mass is 323 g/mol. The van der Waals surface area contributed by atoms with E-state index in [0.717, 1.165) is 39.3 Å². The Bertz CT molecular complexity index is 504. The maximum Gasteiger partial charge on any atom is 0.221 e. The van der Waals surface area contributed by atoms with E-state index in [2.05, 4.69) is 22.0 Å². The summed E-state index contributed by atoms with van der Waals surface area (Å²) in [5.41, 5.74) is 0.212. The highest BCUT2D eigenvalue weighted by Crippen LogP contribution is 2.15. The molecule has 128 valence electrons. The summed E-state index contributed by atoms with van der Waals surface area (Å²) in [4.78, 5) is 16.5. The summed E-state index contributed by atoms with van der Waals surface area (Å²) >= 11 is 0. The van der Waals surface area contributed by atoms with Gasteiger partial charge in [0.25, 0.3) is 0 Å². The minimum absolute atomic E-state index is 0.0311. The number of halogens is 1. The number of likely N-dealkylation sites (N-methyl/N-ethyl adjacent to an activating group) is 1. The first-order valence-corrected chi connectivity index (χ1v) is 8.24. The molecule has 1 aromatic rings. The summed E-state index contributed by atoms with van der Waals surface area (Å²) in [5.74, 6) is -0.568. The Morgan fingerprint density at radius 2 is 1.91 bits per heavy atom. The molecular weight excluding hydrogens is 297 g/mol. The molecule has 2 N–H and O–H groups in total. The second-order valence-corrected chi connectivity index (χ2v) is 5.87. The molecule has 1 aliphatic heterocycles. The van der Waals surface area contributed by atoms with E-state index >= 15 is 0 Å². The fourth-order valence-corrected chi connectivity index (χ4v) is 2.74. The van der Waals surface area contributed by atoms with Gasteiger partial charge in [0.15, 0.2) is 0 Å². The SMILES string of the molecule is CCN1CCN(CCC(=O)NCC(O)c2ccccc2F)CC1. The van der Waals surface area contributed by atoms with Crippen molar-refractivity contribution in [3.8, 4) is 0 Å². The van der Waals surface area contributed by atoms with Crippen LogP contribution in [0.5, 0.6) is 0 Å². The van der Waals surface area contributed by atoms with Gasteiger partial charge >= 0.3 is 0 Å². The van der Waals surface area contributed by atoms with Crippen molar-refractivity contribution in [1.29, 1.82) is 0 Å². The summed E-state index contributed by atoms with van der Waals surface area (Å²) in [6.45, 7) is 8.04. The molecule has 1 heterocycles. The summed E-state index contributed by atoms with van der Waals surface area (Å²) in [6.07, 6.45) is -0.621. The first kappa shape index (κ1) is 17.8. The number of hydrogen-bond acceptors (Lipinski definition) is 4. The average Bonchev–Trinajstić information content (AvgIpc) is 2.58. The summed E-state index contributed by atoms with van der Waals surface area (Å²) < 4.78 is 13.5. The highest BCUT2D eigenvalue weighted by molar-refractivity contribution is 5.76. The molecule has 6 heteroatoms. The molecule has 1 aliphatic rings. The van der Waals surface area contributed by atoms with E-state index in [0.29, 0.717) is 6.42 Å². The second kappa shape index (κ2) is 8.96. The lowest BCUT2D eigenvalue weighted by Crippen LogP contribution is -2.47. The van der Waals surface area contributed by atoms with Crippen LogP contribution in [-0.4, -0.2) is 66.6 Å². The maximum absolute atomic E-state index is 13.5. The number of hydrogen-bond donors (Lipinski definition) is 2. The zero-order valence-electron chi connectivity index (χ0n) is 13.7. The number of aliphatic hydroxyl groups is 1. The Labute approximate surface area is 137 Å². The lowest BCUT2D eigenvalue weighted by molar-refractivity contribution is -0.122. The Morgan fingerprint density at radius 3 is 2.57 bits per heavy atom. The summed E-state index contributed by atoms with van der Waals surface area (Å²) in [5, 5.41) is 12.6. The Balaban J connectivity index is 1.66. The van der Waals surface area contributed by atoms with Crippen molar-refractivity contribution in [1.82, 2.24) is 15.1 Å². The van der Waals surface area contributed by atoms with Gasteiger partial charge in [-0.25, -0.2) is 4.39 Å². The third kappa shape index (κ3) is 5.57. The van der Waals surface area contributed by atoms with Crippen LogP contribution in [0.1, 0.15) is 25.0 Å². The molecule has 1 aromatic carbocycles. The summed E-state index contributed by atoms with van der Waals surface area (Å²) in [7, 11) is 0. The van der Waals surface area contributed by atoms with Gasteiger partial charge in [0, 0.05) is 51.3 Å². The zero-order chi connectivity index (χ0) is 16.7. The first-order valence-electron chi connectivity index (χ1n) is 8.24. The van der Waals surface area contributed by atoms with Crippen LogP contribution < -0.4 is 5.32 Å². The molecule has 1 atom stereocenters. The molecule has 0 radical (unpaired) electrons. The van der Waals surface area contributed by atoms with E-state index in [4.69, 9.17) is 0 Å². The Morgan fingerprint density at radius 1 is 1.26 bits per heavy atom. The molecular formula is C17H26FN3O2. The molecule has 1 saturated heterocycles. The van der Waals surface area contributed by atoms with Gasteiger partial charge in [-0.2, -0.15) is 0 Å². The van der Waals surface area contributed by atoms with Crippen molar-refractivity contribution in [3.63, 3.8) is 0 Å². The van der Waals surface area contributed by atoms with Crippen LogP contribution >= 0.6 is 0 Å². The van der Waals surface area contributed by atoms with Gasteiger partial charge in [0.2, 0.25) is 5.91 Å². The standard InChI is InChI=1S/C17H26FN3O2/c1-2-20-9-11-21(12-10-20)8-7-17(23)19-13-16(22)14-5-3-4-6-15(14)18/h3-6,16,22H,2,7-13H2,1H3,(H,19,23). The molecule has 1 amide bonds. The molecule has 1 fully saturated rings. The van der Waals surface area contributed by atoms with Crippen LogP contribution in [0, 0.1) is 5.82 Å². The lowest BCUT2D eigenvalue weighted by atomic mass is 10.1. The fourth-order valence-electron chi connectivity index (χ4n) is 2.74. The third-order valence-corrected chi connectivity index (χ3v) is 4.32. The number of rotatable bonds is 7. The van der Waals surface area contributed by atoms with Crippen molar-refractivity contribution in [2.45, 2.75) is 19.4 Å². The minimum atomic E-state index is -1.02. The van der Waals surface area contributed by atoms with Crippen LogP contribution in [0.4, 0.5) is 4.39 Å². The van der Waals surface area contributed by atoms with Crippen molar-refractivity contribution in [2.75, 3.05) is 45.8 Å². The van der Waals surface area contributed by atoms with E-state index in [-0.39, 0.29) is 18.0 Å². The number of nitrogens with zero attached hydrogens (tertiary/aromatic N) is 2. The van der Waals surface area contributed by atoms with Crippen molar-refractivity contribution in [3.05, 3.63) is 35.6 Å². The highest BCUT2D eigenvalue weighted by Gasteiger charge is 2.17. The topological polar surface area (TPSA) is 55.8 Å². The highest BCUT2D eigenvalue weighted by atomic mass is 19.1. The molecule has 5 nitrogen and oxygen atoms in total. The van der Waals surface area contributed by atoms with Crippen LogP contribution in [-0.2, 0) is 4.79 Å². The minimum Gasteiger partial charge on any atom is -0.386 e. The van der Waals surface area contributed by atoms with Crippen molar-refractivity contribution in [2.24, 2.45) is 0 Å². The van der Waals surface area contributed by atoms with E-state index in [1.807, 2.05) is 0 Å². The largest absolute Gasteiger partial charge is 0.386 e. The number of nitrogens with one attached hydrogen (secondary N) is 1. The van der Waals surface area contributed by atoms with Crippen LogP contribution in [0.15, 0.2) is 24.3 Å². The van der Waals surface area contributed by atoms with Crippen LogP contribution in [0.3, 0.4) is 0 Å². The van der Waals surface area contributed by atoms with Crippen LogP contribution in [0.25, 0.3) is 0 Å². The molecule has 0 saturated carbocycles. The molecule has 23 heavy (non-hydrogen) atoms. The molecule has 0 spiro atoms. The number of amides is 1. The number of benzene rings is 1. The summed E-state index contributed by atoms with van der Waals surface area (Å²) in [6, 6.07) is 6.07. The van der Waals surface area contributed by atoms with E-state index in [1.165, 1.54) is 12.1 Å². The van der Waals surface area contributed by atoms with Gasteiger partial charge in [-0.05, 0) is 12.6 Å². The second-order valence-electron chi connectivity index (χ2n) is 5.87. The first-order chi connectivity index (χ1) is 11.1. The van der Waals surface area contributed by atoms with Gasteiger partial charge in [0.1, 0.15) is 5.82 Å². The van der Waals surface area contributed by atoms with Crippen LogP contribution in [0.2, 0.25) is 0 Å². The van der Waals surface area contributed by atoms with Crippen molar-refractivity contribution >= 4 is 5.91 Å². The van der Waals surface area contributed by atoms with E-state index < -0.39 is 11.9 Å². The van der Waals surface area contributed by atoms with E-state index in [9.17, 15) is 14.3 Å². The fraction of sp³-hybridized carbons (Fsp3) is 0.588. The Kier molecular flexibility index (Phi) is 6.95. The Hall–Kier alpha value is -1.50. The molecule has 0 aromatic heterocycles. The average molecular weight is 323 g/mol. The molecule has 1 unspecified atom stereocenters. The van der Waals surface area contributed by atoms with Gasteiger partial charge in [-0.15, -0.1) is 0 Å². The number of carbonyl (C=O) groups excluding carboxylic acids is 1.